The Morgan fingerprint density at radius 3 is 0.848 bits per heavy atom. The Kier molecular flexibility index (Phi) is 8.13. The van der Waals surface area contributed by atoms with E-state index in [1.165, 1.54) is 0 Å². The average Bonchev–Trinajstić information content (AvgIpc) is 3.09. The van der Waals surface area contributed by atoms with E-state index in [0.29, 0.717) is 0 Å². The topological polar surface area (TPSA) is 115 Å². The van der Waals surface area contributed by atoms with Gasteiger partial charge in [-0.2, -0.15) is 0 Å². The summed E-state index contributed by atoms with van der Waals surface area (Å²) in [6, 6.07) is 43.9. The molecule has 0 heterocycles. The van der Waals surface area contributed by atoms with Crippen LogP contribution in [0.5, 0.6) is 0 Å². The molecule has 6 aromatic rings. The van der Waals surface area contributed by atoms with Gasteiger partial charge in [0.25, 0.3) is 0 Å². The molecule has 0 unspecified atom stereocenters. The lowest BCUT2D eigenvalue weighted by atomic mass is 10.0. The summed E-state index contributed by atoms with van der Waals surface area (Å²) < 4.78 is 0. The molecular weight excluding hydrogens is 578 g/mol. The van der Waals surface area contributed by atoms with Crippen LogP contribution in [-0.4, -0.2) is 33.2 Å². The summed E-state index contributed by atoms with van der Waals surface area (Å²) in [5.41, 5.74) is 8.20. The third kappa shape index (κ3) is 6.25. The minimum absolute atomic E-state index is 0.214. The maximum absolute atomic E-state index is 11.5. The van der Waals surface area contributed by atoms with Crippen molar-refractivity contribution < 1.29 is 29.7 Å². The van der Waals surface area contributed by atoms with Crippen molar-refractivity contribution >= 4 is 35.0 Å². The standard InChI is InChI=1S/C39H27NO6/c41-37(42)31-7-1-4-28(22-31)25-10-16-34(17-11-25)40(35-18-12-26(13-19-35)29-5-2-8-32(23-29)38(43)44)36-20-14-27(15-21-36)30-6-3-9-33(24-30)39(45)46/h1-24H,(H,41,42)(H,43,44)(H,45,46). The van der Waals surface area contributed by atoms with Crippen LogP contribution in [0.3, 0.4) is 0 Å². The molecule has 0 aliphatic rings. The van der Waals surface area contributed by atoms with Gasteiger partial charge >= 0.3 is 17.9 Å². The van der Waals surface area contributed by atoms with Crippen LogP contribution in [0.4, 0.5) is 17.1 Å². The van der Waals surface area contributed by atoms with Crippen molar-refractivity contribution in [3.8, 4) is 33.4 Å². The van der Waals surface area contributed by atoms with Crippen LogP contribution in [0.25, 0.3) is 33.4 Å². The number of aromatic carboxylic acids is 3. The zero-order valence-corrected chi connectivity index (χ0v) is 24.4. The number of rotatable bonds is 9. The number of nitrogens with zero attached hydrogens (tertiary/aromatic N) is 1. The van der Waals surface area contributed by atoms with E-state index in [1.807, 2.05) is 91.0 Å². The molecule has 6 aromatic carbocycles. The molecule has 0 aliphatic carbocycles. The van der Waals surface area contributed by atoms with Gasteiger partial charge in [0, 0.05) is 17.1 Å². The van der Waals surface area contributed by atoms with Gasteiger partial charge in [0.2, 0.25) is 0 Å². The number of carbonyl (C=O) groups is 3. The fourth-order valence-corrected chi connectivity index (χ4v) is 5.35. The average molecular weight is 606 g/mol. The fourth-order valence-electron chi connectivity index (χ4n) is 5.35. The highest BCUT2D eigenvalue weighted by Crippen LogP contribution is 2.38. The van der Waals surface area contributed by atoms with Crippen molar-refractivity contribution in [1.29, 1.82) is 0 Å². The Balaban J connectivity index is 1.38. The van der Waals surface area contributed by atoms with E-state index in [9.17, 15) is 29.7 Å². The second-order valence-corrected chi connectivity index (χ2v) is 10.6. The summed E-state index contributed by atoms with van der Waals surface area (Å²) in [6.07, 6.45) is 0. The molecule has 0 spiro atoms. The highest BCUT2D eigenvalue weighted by molar-refractivity contribution is 5.91. The highest BCUT2D eigenvalue weighted by atomic mass is 16.4. The molecule has 7 nitrogen and oxygen atoms in total. The maximum atomic E-state index is 11.5. The van der Waals surface area contributed by atoms with Crippen LogP contribution >= 0.6 is 0 Å². The molecule has 7 heteroatoms. The quantitative estimate of drug-likeness (QED) is 0.150. The van der Waals surface area contributed by atoms with Gasteiger partial charge in [0.1, 0.15) is 0 Å². The van der Waals surface area contributed by atoms with Crippen molar-refractivity contribution in [2.24, 2.45) is 0 Å². The van der Waals surface area contributed by atoms with Gasteiger partial charge in [0.15, 0.2) is 0 Å². The Labute approximate surface area is 264 Å². The third-order valence-corrected chi connectivity index (χ3v) is 7.71. The highest BCUT2D eigenvalue weighted by Gasteiger charge is 2.15. The first-order valence-corrected chi connectivity index (χ1v) is 14.4. The molecule has 0 saturated carbocycles. The molecule has 0 amide bonds. The van der Waals surface area contributed by atoms with Gasteiger partial charge in [-0.1, -0.05) is 72.8 Å². The molecule has 0 atom stereocenters. The number of carboxylic acids is 3. The first-order chi connectivity index (χ1) is 22.3. The molecule has 0 aromatic heterocycles. The van der Waals surface area contributed by atoms with Crippen molar-refractivity contribution in [3.63, 3.8) is 0 Å². The van der Waals surface area contributed by atoms with Crippen LogP contribution in [0.1, 0.15) is 31.1 Å². The second kappa shape index (κ2) is 12.6. The number of anilines is 3. The van der Waals surface area contributed by atoms with Crippen LogP contribution in [0.2, 0.25) is 0 Å². The molecule has 0 saturated heterocycles. The lowest BCUT2D eigenvalue weighted by molar-refractivity contribution is 0.0686. The van der Waals surface area contributed by atoms with E-state index in [4.69, 9.17) is 0 Å². The zero-order valence-electron chi connectivity index (χ0n) is 24.4. The Morgan fingerprint density at radius 2 is 0.609 bits per heavy atom. The van der Waals surface area contributed by atoms with Crippen LogP contribution in [0, 0.1) is 0 Å². The van der Waals surface area contributed by atoms with Gasteiger partial charge in [-0.15, -0.1) is 0 Å². The molecule has 0 fully saturated rings. The van der Waals surface area contributed by atoms with Gasteiger partial charge < -0.3 is 20.2 Å². The number of benzene rings is 6. The first kappa shape index (κ1) is 29.6. The van der Waals surface area contributed by atoms with Crippen molar-refractivity contribution in [1.82, 2.24) is 0 Å². The molecule has 0 bridgehead atoms. The molecule has 0 aliphatic heterocycles. The van der Waals surface area contributed by atoms with Crippen molar-refractivity contribution in [2.75, 3.05) is 4.90 Å². The molecule has 3 N–H and O–H groups in total. The second-order valence-electron chi connectivity index (χ2n) is 10.6. The number of hydrogen-bond donors (Lipinski definition) is 3. The maximum Gasteiger partial charge on any atom is 0.335 e. The molecule has 0 radical (unpaired) electrons. The smallest absolute Gasteiger partial charge is 0.335 e. The monoisotopic (exact) mass is 605 g/mol. The molecule has 224 valence electrons. The fraction of sp³-hybridized carbons (Fsp3) is 0. The van der Waals surface area contributed by atoms with E-state index in [1.54, 1.807) is 54.6 Å². The Hall–Kier alpha value is -6.47. The van der Waals surface area contributed by atoms with E-state index in [2.05, 4.69) is 4.90 Å². The summed E-state index contributed by atoms with van der Waals surface area (Å²) in [4.78, 5) is 36.6. The van der Waals surface area contributed by atoms with Gasteiger partial charge in [-0.25, -0.2) is 14.4 Å². The Bertz CT molecular complexity index is 1830. The van der Waals surface area contributed by atoms with Crippen molar-refractivity contribution in [2.45, 2.75) is 0 Å². The zero-order chi connectivity index (χ0) is 32.2. The van der Waals surface area contributed by atoms with Crippen LogP contribution < -0.4 is 4.90 Å². The first-order valence-electron chi connectivity index (χ1n) is 14.4. The van der Waals surface area contributed by atoms with E-state index >= 15 is 0 Å². The van der Waals surface area contributed by atoms with E-state index in [-0.39, 0.29) is 16.7 Å². The normalized spacial score (nSPS) is 10.7. The predicted molar refractivity (Wildman–Crippen MR) is 178 cm³/mol. The summed E-state index contributed by atoms with van der Waals surface area (Å²) in [5, 5.41) is 28.3. The van der Waals surface area contributed by atoms with E-state index in [0.717, 1.165) is 50.4 Å². The van der Waals surface area contributed by atoms with E-state index < -0.39 is 17.9 Å². The Morgan fingerprint density at radius 1 is 0.348 bits per heavy atom. The summed E-state index contributed by atoms with van der Waals surface area (Å²) in [5.74, 6) is -2.96. The molecule has 6 rings (SSSR count). The number of carboxylic acid groups (broad SMARTS) is 3. The summed E-state index contributed by atoms with van der Waals surface area (Å²) in [6.45, 7) is 0. The molecular formula is C39H27NO6. The SMILES string of the molecule is O=C(O)c1cccc(-c2ccc(N(c3ccc(-c4cccc(C(=O)O)c4)cc3)c3ccc(-c4cccc(C(=O)O)c4)cc3)cc2)c1. The predicted octanol–water partition coefficient (Wildman–Crippen LogP) is 9.25. The largest absolute Gasteiger partial charge is 0.478 e. The minimum atomic E-state index is -0.985. The lowest BCUT2D eigenvalue weighted by Crippen LogP contribution is -2.09. The van der Waals surface area contributed by atoms with Gasteiger partial charge in [0.05, 0.1) is 16.7 Å². The molecule has 46 heavy (non-hydrogen) atoms. The third-order valence-electron chi connectivity index (χ3n) is 7.71. The lowest BCUT2D eigenvalue weighted by Gasteiger charge is -2.26. The van der Waals surface area contributed by atoms with Gasteiger partial charge in [-0.3, -0.25) is 0 Å². The number of hydrogen-bond acceptors (Lipinski definition) is 4. The minimum Gasteiger partial charge on any atom is -0.478 e. The summed E-state index contributed by atoms with van der Waals surface area (Å²) in [7, 11) is 0. The van der Waals surface area contributed by atoms with Crippen molar-refractivity contribution in [3.05, 3.63) is 162 Å². The van der Waals surface area contributed by atoms with Gasteiger partial charge in [-0.05, 0) is 106 Å². The van der Waals surface area contributed by atoms with Crippen LogP contribution in [0.15, 0.2) is 146 Å². The van der Waals surface area contributed by atoms with Crippen LogP contribution in [-0.2, 0) is 0 Å². The summed E-state index contributed by atoms with van der Waals surface area (Å²) >= 11 is 0.